The highest BCUT2D eigenvalue weighted by atomic mass is 35.5. The van der Waals surface area contributed by atoms with Gasteiger partial charge in [-0.15, -0.1) is 11.5 Å². The zero-order valence-corrected chi connectivity index (χ0v) is 6.75. The van der Waals surface area contributed by atoms with E-state index in [1.807, 2.05) is 12.1 Å². The van der Waals surface area contributed by atoms with Gasteiger partial charge in [0.2, 0.25) is 0 Å². The molecule has 0 unspecified atom stereocenters. The van der Waals surface area contributed by atoms with E-state index in [1.54, 1.807) is 12.1 Å². The van der Waals surface area contributed by atoms with Crippen LogP contribution in [0.15, 0.2) is 24.3 Å². The molecule has 0 atom stereocenters. The Morgan fingerprint density at radius 2 is 2.27 bits per heavy atom. The van der Waals surface area contributed by atoms with Crippen molar-refractivity contribution in [3.05, 3.63) is 29.8 Å². The summed E-state index contributed by atoms with van der Waals surface area (Å²) in [5.41, 5.74) is 7.06. The van der Waals surface area contributed by atoms with Crippen molar-refractivity contribution < 1.29 is 5.02 Å². The smallest absolute Gasteiger partial charge is 0.431 e. The molecule has 0 aromatic heterocycles. The summed E-state index contributed by atoms with van der Waals surface area (Å²) in [6.45, 7) is 0.470. The maximum atomic E-state index is 8.97. The summed E-state index contributed by atoms with van der Waals surface area (Å²) in [7, 11) is 0. The van der Waals surface area contributed by atoms with Crippen molar-refractivity contribution in [3.8, 4) is 0 Å². The Balaban J connectivity index is 2.91. The molecular formula is C7H9BClNO. The minimum absolute atomic E-state index is 0.470. The third-order valence-corrected chi connectivity index (χ3v) is 1.71. The van der Waals surface area contributed by atoms with E-state index in [1.165, 1.54) is 0 Å². The highest BCUT2D eigenvalue weighted by Gasteiger charge is 2.08. The lowest BCUT2D eigenvalue weighted by atomic mass is 9.86. The molecule has 1 rings (SSSR count). The first-order valence-corrected chi connectivity index (χ1v) is 3.78. The van der Waals surface area contributed by atoms with Crippen molar-refractivity contribution in [2.75, 3.05) is 0 Å². The van der Waals surface area contributed by atoms with E-state index in [2.05, 4.69) is 0 Å². The molecule has 1 aromatic carbocycles. The van der Waals surface area contributed by atoms with Crippen LogP contribution in [0.1, 0.15) is 5.56 Å². The van der Waals surface area contributed by atoms with Crippen LogP contribution in [0.4, 0.5) is 0 Å². The Morgan fingerprint density at radius 3 is 2.82 bits per heavy atom. The number of benzene rings is 1. The minimum Gasteiger partial charge on any atom is -0.434 e. The Labute approximate surface area is 71.0 Å². The van der Waals surface area contributed by atoms with Gasteiger partial charge in [0.1, 0.15) is 0 Å². The standard InChI is InChI=1S/C7H9BClNO/c9-8(11)7-3-1-2-6(4-7)5-10/h1-4,11H,5,10H2. The molecule has 11 heavy (non-hydrogen) atoms. The van der Waals surface area contributed by atoms with Crippen LogP contribution in [-0.2, 0) is 6.54 Å². The van der Waals surface area contributed by atoms with Crippen molar-refractivity contribution in [1.82, 2.24) is 0 Å². The molecule has 4 heteroatoms. The Hall–Kier alpha value is -0.505. The van der Waals surface area contributed by atoms with Gasteiger partial charge < -0.3 is 10.8 Å². The summed E-state index contributed by atoms with van der Waals surface area (Å²) in [4.78, 5) is 0. The molecule has 0 heterocycles. The average molecular weight is 169 g/mol. The zero-order chi connectivity index (χ0) is 8.27. The highest BCUT2D eigenvalue weighted by molar-refractivity contribution is 7.09. The quantitative estimate of drug-likeness (QED) is 0.616. The lowest BCUT2D eigenvalue weighted by Crippen LogP contribution is -2.24. The first kappa shape index (κ1) is 8.59. The summed E-state index contributed by atoms with van der Waals surface area (Å²) >= 11 is 5.45. The first-order chi connectivity index (χ1) is 5.24. The summed E-state index contributed by atoms with van der Waals surface area (Å²) in [6.07, 6.45) is -0.929. The summed E-state index contributed by atoms with van der Waals surface area (Å²) in [6, 6.07) is 7.26. The van der Waals surface area contributed by atoms with E-state index in [-0.39, 0.29) is 0 Å². The van der Waals surface area contributed by atoms with Gasteiger partial charge in [0, 0.05) is 6.54 Å². The monoisotopic (exact) mass is 169 g/mol. The fourth-order valence-corrected chi connectivity index (χ4v) is 1.00. The molecular weight excluding hydrogens is 160 g/mol. The van der Waals surface area contributed by atoms with Crippen LogP contribution in [0.3, 0.4) is 0 Å². The topological polar surface area (TPSA) is 46.2 Å². The van der Waals surface area contributed by atoms with E-state index in [0.717, 1.165) is 5.56 Å². The van der Waals surface area contributed by atoms with Gasteiger partial charge in [0.15, 0.2) is 0 Å². The highest BCUT2D eigenvalue weighted by Crippen LogP contribution is 1.96. The van der Waals surface area contributed by atoms with Gasteiger partial charge >= 0.3 is 6.33 Å². The van der Waals surface area contributed by atoms with Crippen LogP contribution in [0, 0.1) is 0 Å². The predicted molar refractivity (Wildman–Crippen MR) is 47.8 cm³/mol. The van der Waals surface area contributed by atoms with E-state index >= 15 is 0 Å². The number of hydrogen-bond donors (Lipinski definition) is 2. The normalized spacial score (nSPS) is 9.73. The fourth-order valence-electron chi connectivity index (χ4n) is 0.868. The molecule has 0 aliphatic carbocycles. The van der Waals surface area contributed by atoms with Crippen molar-refractivity contribution >= 4 is 23.3 Å². The third kappa shape index (κ3) is 2.22. The molecule has 0 radical (unpaired) electrons. The lowest BCUT2D eigenvalue weighted by molar-refractivity contribution is 0.607. The second-order valence-corrected chi connectivity index (χ2v) is 2.70. The van der Waals surface area contributed by atoms with Gasteiger partial charge in [0.25, 0.3) is 0 Å². The summed E-state index contributed by atoms with van der Waals surface area (Å²) in [5, 5.41) is 8.97. The molecule has 0 bridgehead atoms. The van der Waals surface area contributed by atoms with Crippen LogP contribution in [0.5, 0.6) is 0 Å². The largest absolute Gasteiger partial charge is 0.434 e. The van der Waals surface area contributed by atoms with E-state index in [0.29, 0.717) is 12.0 Å². The number of nitrogens with two attached hydrogens (primary N) is 1. The van der Waals surface area contributed by atoms with Gasteiger partial charge in [-0.1, -0.05) is 24.3 Å². The van der Waals surface area contributed by atoms with Crippen molar-refractivity contribution in [2.24, 2.45) is 5.73 Å². The molecule has 1 aromatic rings. The van der Waals surface area contributed by atoms with Crippen LogP contribution in [-0.4, -0.2) is 11.4 Å². The van der Waals surface area contributed by atoms with E-state index in [4.69, 9.17) is 22.2 Å². The van der Waals surface area contributed by atoms with Crippen LogP contribution in [0.2, 0.25) is 0 Å². The molecule has 58 valence electrons. The molecule has 3 N–H and O–H groups in total. The van der Waals surface area contributed by atoms with E-state index in [9.17, 15) is 0 Å². The fraction of sp³-hybridized carbons (Fsp3) is 0.143. The van der Waals surface area contributed by atoms with Gasteiger partial charge in [-0.2, -0.15) is 0 Å². The zero-order valence-electron chi connectivity index (χ0n) is 6.00. The van der Waals surface area contributed by atoms with E-state index < -0.39 is 6.33 Å². The SMILES string of the molecule is NCc1cccc(B(O)Cl)c1. The number of hydrogen-bond acceptors (Lipinski definition) is 2. The lowest BCUT2D eigenvalue weighted by Gasteiger charge is -2.00. The molecule has 0 spiro atoms. The maximum absolute atomic E-state index is 8.97. The molecule has 0 aliphatic rings. The van der Waals surface area contributed by atoms with Crippen LogP contribution in [0.25, 0.3) is 0 Å². The first-order valence-electron chi connectivity index (χ1n) is 3.35. The summed E-state index contributed by atoms with van der Waals surface area (Å²) < 4.78 is 0. The molecule has 0 aliphatic heterocycles. The maximum Gasteiger partial charge on any atom is 0.431 e. The van der Waals surface area contributed by atoms with Gasteiger partial charge in [-0.3, -0.25) is 0 Å². The van der Waals surface area contributed by atoms with Crippen molar-refractivity contribution in [1.29, 1.82) is 0 Å². The summed E-state index contributed by atoms with van der Waals surface area (Å²) in [5.74, 6) is 0. The number of rotatable bonds is 2. The molecule has 0 amide bonds. The molecule has 0 fully saturated rings. The Morgan fingerprint density at radius 1 is 1.55 bits per heavy atom. The van der Waals surface area contributed by atoms with Crippen LogP contribution < -0.4 is 11.2 Å². The van der Waals surface area contributed by atoms with Gasteiger partial charge in [0.05, 0.1) is 0 Å². The molecule has 0 saturated heterocycles. The minimum atomic E-state index is -0.929. The molecule has 0 saturated carbocycles. The van der Waals surface area contributed by atoms with Gasteiger partial charge in [-0.05, 0) is 11.0 Å². The van der Waals surface area contributed by atoms with Gasteiger partial charge in [-0.25, -0.2) is 0 Å². The second kappa shape index (κ2) is 3.76. The Kier molecular flexibility index (Phi) is 2.94. The van der Waals surface area contributed by atoms with Crippen molar-refractivity contribution in [2.45, 2.75) is 6.54 Å². The molecule has 2 nitrogen and oxygen atoms in total. The second-order valence-electron chi connectivity index (χ2n) is 2.28. The average Bonchev–Trinajstić information content (AvgIpc) is 2.05. The predicted octanol–water partition coefficient (Wildman–Crippen LogP) is 0.0716. The number of halogens is 1. The third-order valence-electron chi connectivity index (χ3n) is 1.46. The van der Waals surface area contributed by atoms with Crippen LogP contribution >= 0.6 is 11.5 Å². The van der Waals surface area contributed by atoms with Crippen molar-refractivity contribution in [3.63, 3.8) is 0 Å². The Bertz CT molecular complexity index is 242.